The van der Waals surface area contributed by atoms with E-state index in [9.17, 15) is 9.59 Å². The highest BCUT2D eigenvalue weighted by molar-refractivity contribution is 5.98. The summed E-state index contributed by atoms with van der Waals surface area (Å²) in [6.07, 6.45) is 0. The number of rotatable bonds is 7. The molecule has 1 aromatic heterocycles. The molecule has 2 aromatic carbocycles. The number of carbonyl (C=O) groups is 2. The average molecular weight is 490 g/mol. The molecule has 5 rings (SSSR count). The number of ether oxygens (including phenoxy) is 2. The van der Waals surface area contributed by atoms with Crippen molar-refractivity contribution >= 4 is 17.5 Å². The Morgan fingerprint density at radius 3 is 2.44 bits per heavy atom. The number of benzene rings is 2. The lowest BCUT2D eigenvalue weighted by Gasteiger charge is -2.36. The monoisotopic (exact) mass is 489 g/mol. The summed E-state index contributed by atoms with van der Waals surface area (Å²) in [6.45, 7) is 6.77. The van der Waals surface area contributed by atoms with E-state index >= 15 is 0 Å². The van der Waals surface area contributed by atoms with Gasteiger partial charge in [-0.3, -0.25) is 14.3 Å². The highest BCUT2D eigenvalue weighted by Gasteiger charge is 2.30. The number of piperazine rings is 1. The third-order valence-electron chi connectivity index (χ3n) is 6.69. The predicted molar refractivity (Wildman–Crippen MR) is 136 cm³/mol. The second-order valence-corrected chi connectivity index (χ2v) is 8.89. The van der Waals surface area contributed by atoms with E-state index in [1.165, 1.54) is 0 Å². The number of hydrogen-bond donors (Lipinski definition) is 0. The maximum absolute atomic E-state index is 13.2. The zero-order chi connectivity index (χ0) is 25.1. The first kappa shape index (κ1) is 23.7. The standard InChI is InChI=1S/C27H31N5O4/c1-3-36-25-7-5-4-6-23(25)29-12-14-30(15-13-29)26(33)22-18-24-27(34)31(16-17-32(24)28-22)19-20-8-10-21(35-2)11-9-20/h4-11,18H,3,12-17,19H2,1-2H3. The highest BCUT2D eigenvalue weighted by atomic mass is 16.5. The van der Waals surface area contributed by atoms with Crippen molar-refractivity contribution in [1.29, 1.82) is 0 Å². The molecular formula is C27H31N5O4. The number of methoxy groups -OCH3 is 1. The molecule has 36 heavy (non-hydrogen) atoms. The van der Waals surface area contributed by atoms with Gasteiger partial charge in [-0.05, 0) is 36.8 Å². The van der Waals surface area contributed by atoms with Crippen molar-refractivity contribution in [2.45, 2.75) is 20.0 Å². The first-order chi connectivity index (χ1) is 17.6. The van der Waals surface area contributed by atoms with Crippen LogP contribution >= 0.6 is 0 Å². The molecule has 2 amide bonds. The second kappa shape index (κ2) is 10.3. The number of amides is 2. The summed E-state index contributed by atoms with van der Waals surface area (Å²) in [5, 5.41) is 4.48. The molecule has 2 aliphatic heterocycles. The van der Waals surface area contributed by atoms with Crippen LogP contribution in [0.15, 0.2) is 54.6 Å². The fourth-order valence-corrected chi connectivity index (χ4v) is 4.75. The molecule has 0 aliphatic carbocycles. The van der Waals surface area contributed by atoms with E-state index < -0.39 is 0 Å². The van der Waals surface area contributed by atoms with Gasteiger partial charge in [0.15, 0.2) is 5.69 Å². The molecule has 9 heteroatoms. The zero-order valence-electron chi connectivity index (χ0n) is 20.7. The normalized spacial score (nSPS) is 15.6. The van der Waals surface area contributed by atoms with E-state index in [1.807, 2.05) is 54.3 Å². The SMILES string of the molecule is CCOc1ccccc1N1CCN(C(=O)c2cc3n(n2)CCN(Cc2ccc(OC)cc2)C3=O)CC1. The molecule has 0 radical (unpaired) electrons. The van der Waals surface area contributed by atoms with Crippen LogP contribution < -0.4 is 14.4 Å². The number of hydrogen-bond acceptors (Lipinski definition) is 6. The van der Waals surface area contributed by atoms with Crippen molar-refractivity contribution < 1.29 is 19.1 Å². The van der Waals surface area contributed by atoms with Crippen LogP contribution in [0.4, 0.5) is 5.69 Å². The van der Waals surface area contributed by atoms with Gasteiger partial charge in [0.1, 0.15) is 17.2 Å². The van der Waals surface area contributed by atoms with Crippen molar-refractivity contribution in [3.05, 3.63) is 71.5 Å². The van der Waals surface area contributed by atoms with Crippen molar-refractivity contribution in [3.63, 3.8) is 0 Å². The molecule has 2 aliphatic rings. The fourth-order valence-electron chi connectivity index (χ4n) is 4.75. The van der Waals surface area contributed by atoms with Gasteiger partial charge in [-0.1, -0.05) is 24.3 Å². The van der Waals surface area contributed by atoms with Crippen LogP contribution in [0.25, 0.3) is 0 Å². The van der Waals surface area contributed by atoms with Crippen LogP contribution in [0.3, 0.4) is 0 Å². The smallest absolute Gasteiger partial charge is 0.274 e. The van der Waals surface area contributed by atoms with Crippen LogP contribution in [-0.2, 0) is 13.1 Å². The molecule has 188 valence electrons. The molecule has 1 saturated heterocycles. The molecule has 3 aromatic rings. The first-order valence-electron chi connectivity index (χ1n) is 12.3. The minimum atomic E-state index is -0.135. The average Bonchev–Trinajstić information content (AvgIpc) is 3.36. The van der Waals surface area contributed by atoms with Crippen LogP contribution in [0.1, 0.15) is 33.5 Å². The fraction of sp³-hybridized carbons (Fsp3) is 0.370. The van der Waals surface area contributed by atoms with Gasteiger partial charge < -0.3 is 24.2 Å². The molecule has 3 heterocycles. The first-order valence-corrected chi connectivity index (χ1v) is 12.3. The van der Waals surface area contributed by atoms with E-state index in [-0.39, 0.29) is 11.8 Å². The summed E-state index contributed by atoms with van der Waals surface area (Å²) in [7, 11) is 1.63. The molecule has 0 unspecified atom stereocenters. The minimum Gasteiger partial charge on any atom is -0.497 e. The molecular weight excluding hydrogens is 458 g/mol. The van der Waals surface area contributed by atoms with Crippen molar-refractivity contribution in [2.75, 3.05) is 51.3 Å². The lowest BCUT2D eigenvalue weighted by molar-refractivity contribution is 0.0680. The summed E-state index contributed by atoms with van der Waals surface area (Å²) < 4.78 is 12.6. The van der Waals surface area contributed by atoms with E-state index in [1.54, 1.807) is 22.8 Å². The number of fused-ring (bicyclic) bond motifs is 1. The largest absolute Gasteiger partial charge is 0.497 e. The Hall–Kier alpha value is -4.01. The maximum Gasteiger partial charge on any atom is 0.274 e. The van der Waals surface area contributed by atoms with Crippen molar-refractivity contribution in [2.24, 2.45) is 0 Å². The number of para-hydroxylation sites is 2. The van der Waals surface area contributed by atoms with Gasteiger partial charge in [0, 0.05) is 45.3 Å². The summed E-state index contributed by atoms with van der Waals surface area (Å²) in [6, 6.07) is 17.3. The number of carbonyl (C=O) groups excluding carboxylic acids is 2. The Morgan fingerprint density at radius 1 is 0.972 bits per heavy atom. The van der Waals surface area contributed by atoms with Gasteiger partial charge >= 0.3 is 0 Å². The summed E-state index contributed by atoms with van der Waals surface area (Å²) in [5.41, 5.74) is 2.86. The van der Waals surface area contributed by atoms with Gasteiger partial charge in [0.2, 0.25) is 0 Å². The lowest BCUT2D eigenvalue weighted by Crippen LogP contribution is -2.49. The number of nitrogens with zero attached hydrogens (tertiary/aromatic N) is 5. The predicted octanol–water partition coefficient (Wildman–Crippen LogP) is 2.91. The topological polar surface area (TPSA) is 80.1 Å². The van der Waals surface area contributed by atoms with Crippen LogP contribution in [-0.4, -0.2) is 77.8 Å². The number of anilines is 1. The van der Waals surface area contributed by atoms with E-state index in [2.05, 4.69) is 16.1 Å². The van der Waals surface area contributed by atoms with Gasteiger partial charge in [-0.2, -0.15) is 5.10 Å². The highest BCUT2D eigenvalue weighted by Crippen LogP contribution is 2.29. The lowest BCUT2D eigenvalue weighted by atomic mass is 10.1. The molecule has 0 spiro atoms. The van der Waals surface area contributed by atoms with Gasteiger partial charge in [0.25, 0.3) is 11.8 Å². The molecule has 0 atom stereocenters. The molecule has 0 bridgehead atoms. The third kappa shape index (κ3) is 4.73. The molecule has 0 N–H and O–H groups in total. The van der Waals surface area contributed by atoms with E-state index in [0.717, 1.165) is 22.7 Å². The zero-order valence-corrected chi connectivity index (χ0v) is 20.7. The molecule has 1 fully saturated rings. The Morgan fingerprint density at radius 2 is 1.72 bits per heavy atom. The van der Waals surface area contributed by atoms with Gasteiger partial charge in [-0.25, -0.2) is 0 Å². The Labute approximate surface area is 210 Å². The van der Waals surface area contributed by atoms with Crippen LogP contribution in [0.2, 0.25) is 0 Å². The van der Waals surface area contributed by atoms with E-state index in [0.29, 0.717) is 63.8 Å². The van der Waals surface area contributed by atoms with Crippen LogP contribution in [0.5, 0.6) is 11.5 Å². The Kier molecular flexibility index (Phi) is 6.79. The van der Waals surface area contributed by atoms with Crippen molar-refractivity contribution in [1.82, 2.24) is 19.6 Å². The van der Waals surface area contributed by atoms with Crippen LogP contribution in [0, 0.1) is 0 Å². The quantitative estimate of drug-likeness (QED) is 0.508. The second-order valence-electron chi connectivity index (χ2n) is 8.89. The minimum absolute atomic E-state index is 0.110. The summed E-state index contributed by atoms with van der Waals surface area (Å²) in [5.74, 6) is 1.40. The van der Waals surface area contributed by atoms with Crippen molar-refractivity contribution in [3.8, 4) is 11.5 Å². The Balaban J connectivity index is 1.23. The Bertz CT molecular complexity index is 1230. The number of aromatic nitrogens is 2. The third-order valence-corrected chi connectivity index (χ3v) is 6.69. The molecule has 9 nitrogen and oxygen atoms in total. The summed E-state index contributed by atoms with van der Waals surface area (Å²) in [4.78, 5) is 32.2. The summed E-state index contributed by atoms with van der Waals surface area (Å²) >= 11 is 0. The van der Waals surface area contributed by atoms with Gasteiger partial charge in [0.05, 0.1) is 25.9 Å². The molecule has 0 saturated carbocycles. The van der Waals surface area contributed by atoms with E-state index in [4.69, 9.17) is 9.47 Å². The maximum atomic E-state index is 13.2. The van der Waals surface area contributed by atoms with Gasteiger partial charge in [-0.15, -0.1) is 0 Å².